The number of nitriles is 2. The Morgan fingerprint density at radius 3 is 2.07 bits per heavy atom. The van der Waals surface area contributed by atoms with Crippen LogP contribution in [0, 0.1) is 28.1 Å². The molecule has 6 rings (SSSR count). The number of unbranched alkanes of at least 4 members (excludes halogenated alkanes) is 1. The minimum Gasteiger partial charge on any atom is -0.466 e. The Hall–Kier alpha value is -5.61. The second-order valence-electron chi connectivity index (χ2n) is 11.2. The number of para-hydroxylation sites is 3. The Balaban J connectivity index is 1.81. The number of methoxy groups -OCH3 is 2. The number of ether oxygens (including phenoxy) is 2. The molecule has 3 aromatic rings. The minimum absolute atomic E-state index is 0.264. The summed E-state index contributed by atoms with van der Waals surface area (Å²) < 4.78 is 10.4. The molecule has 226 valence electrons. The summed E-state index contributed by atoms with van der Waals surface area (Å²) >= 11 is 0. The van der Waals surface area contributed by atoms with Gasteiger partial charge in [-0.15, -0.1) is 0 Å². The van der Waals surface area contributed by atoms with Crippen LogP contribution in [0.4, 0.5) is 17.1 Å². The molecule has 0 bridgehead atoms. The number of hydrogen-bond acceptors (Lipinski definition) is 9. The number of anilines is 3. The molecule has 0 fully saturated rings. The second kappa shape index (κ2) is 11.1. The van der Waals surface area contributed by atoms with Gasteiger partial charge >= 0.3 is 11.9 Å². The number of carbonyl (C=O) groups excluding carboxylic acids is 3. The van der Waals surface area contributed by atoms with E-state index in [0.717, 1.165) is 26.2 Å². The Bertz CT molecular complexity index is 1810. The molecular formula is C35H31N5O5. The van der Waals surface area contributed by atoms with E-state index in [2.05, 4.69) is 12.1 Å². The van der Waals surface area contributed by atoms with Gasteiger partial charge in [0.1, 0.15) is 17.4 Å². The third-order valence-electron chi connectivity index (χ3n) is 9.06. The average molecular weight is 602 g/mol. The molecule has 0 unspecified atom stereocenters. The number of nitrogens with zero attached hydrogens (tertiary/aromatic N) is 5. The predicted octanol–water partition coefficient (Wildman–Crippen LogP) is 4.57. The predicted molar refractivity (Wildman–Crippen MR) is 165 cm³/mol. The van der Waals surface area contributed by atoms with Gasteiger partial charge in [-0.05, 0) is 35.7 Å². The van der Waals surface area contributed by atoms with Gasteiger partial charge in [0.05, 0.1) is 37.7 Å². The maximum atomic E-state index is 15.4. The van der Waals surface area contributed by atoms with Crippen molar-refractivity contribution >= 4 is 34.9 Å². The zero-order valence-electron chi connectivity index (χ0n) is 25.2. The van der Waals surface area contributed by atoms with Gasteiger partial charge < -0.3 is 24.2 Å². The summed E-state index contributed by atoms with van der Waals surface area (Å²) in [6.07, 6.45) is 0.330. The number of benzene rings is 3. The highest BCUT2D eigenvalue weighted by atomic mass is 16.5. The molecule has 45 heavy (non-hydrogen) atoms. The Kier molecular flexibility index (Phi) is 7.30. The molecule has 10 heteroatoms. The van der Waals surface area contributed by atoms with E-state index >= 15 is 4.79 Å². The van der Waals surface area contributed by atoms with Crippen LogP contribution in [0.1, 0.15) is 30.9 Å². The summed E-state index contributed by atoms with van der Waals surface area (Å²) in [6.45, 7) is 2.61. The number of esters is 2. The van der Waals surface area contributed by atoms with Gasteiger partial charge in [-0.2, -0.15) is 10.5 Å². The first kappa shape index (κ1) is 29.5. The third-order valence-corrected chi connectivity index (χ3v) is 9.06. The van der Waals surface area contributed by atoms with Gasteiger partial charge in [0.25, 0.3) is 0 Å². The van der Waals surface area contributed by atoms with E-state index in [1.54, 1.807) is 46.2 Å². The molecule has 0 N–H and O–H groups in total. The number of rotatable bonds is 7. The van der Waals surface area contributed by atoms with Crippen LogP contribution in [-0.4, -0.2) is 44.8 Å². The lowest BCUT2D eigenvalue weighted by atomic mass is 9.53. The van der Waals surface area contributed by atoms with Crippen molar-refractivity contribution in [2.75, 3.05) is 35.5 Å². The fraction of sp³-hybridized carbons (Fsp3) is 0.286. The van der Waals surface area contributed by atoms with Gasteiger partial charge in [0, 0.05) is 18.8 Å². The minimum atomic E-state index is -2.50. The van der Waals surface area contributed by atoms with Crippen molar-refractivity contribution in [3.63, 3.8) is 0 Å². The summed E-state index contributed by atoms with van der Waals surface area (Å²) in [5.74, 6) is -2.53. The number of carbonyl (C=O) groups is 3. The maximum Gasteiger partial charge on any atom is 0.355 e. The van der Waals surface area contributed by atoms with Gasteiger partial charge in [-0.25, -0.2) is 9.59 Å². The molecular weight excluding hydrogens is 570 g/mol. The summed E-state index contributed by atoms with van der Waals surface area (Å²) in [6, 6.07) is 28.2. The van der Waals surface area contributed by atoms with E-state index < -0.39 is 40.4 Å². The highest BCUT2D eigenvalue weighted by Crippen LogP contribution is 2.65. The number of amides is 1. The smallest absolute Gasteiger partial charge is 0.355 e. The zero-order valence-corrected chi connectivity index (χ0v) is 25.2. The SMILES string of the molecule is CCCCN1C(=O)[C@]2(c3ccccc31)[C@H]1N(Cc3ccccc3)c3ccccc3N1C(C(=O)OC)=C(C(=O)OC)C2(C#N)C#N. The van der Waals surface area contributed by atoms with E-state index in [9.17, 15) is 20.1 Å². The van der Waals surface area contributed by atoms with Gasteiger partial charge in [-0.1, -0.05) is 74.0 Å². The van der Waals surface area contributed by atoms with Crippen LogP contribution >= 0.6 is 0 Å². The molecule has 0 aromatic heterocycles. The lowest BCUT2D eigenvalue weighted by Gasteiger charge is -2.53. The van der Waals surface area contributed by atoms with Crippen LogP contribution in [0.15, 0.2) is 90.1 Å². The lowest BCUT2D eigenvalue weighted by Crippen LogP contribution is -2.71. The monoisotopic (exact) mass is 601 g/mol. The first-order valence-electron chi connectivity index (χ1n) is 14.7. The van der Waals surface area contributed by atoms with Crippen LogP contribution < -0.4 is 14.7 Å². The fourth-order valence-corrected chi connectivity index (χ4v) is 7.22. The molecule has 2 atom stereocenters. The number of fused-ring (bicyclic) bond motifs is 6. The largest absolute Gasteiger partial charge is 0.466 e. The highest BCUT2D eigenvalue weighted by molar-refractivity contribution is 6.17. The van der Waals surface area contributed by atoms with Crippen molar-refractivity contribution < 1.29 is 23.9 Å². The van der Waals surface area contributed by atoms with Crippen molar-refractivity contribution in [2.45, 2.75) is 37.9 Å². The Morgan fingerprint density at radius 2 is 1.44 bits per heavy atom. The van der Waals surface area contributed by atoms with Crippen molar-refractivity contribution in [3.05, 3.63) is 101 Å². The quantitative estimate of drug-likeness (QED) is 0.358. The Morgan fingerprint density at radius 1 is 0.844 bits per heavy atom. The van der Waals surface area contributed by atoms with Gasteiger partial charge in [0.15, 0.2) is 10.8 Å². The van der Waals surface area contributed by atoms with Gasteiger partial charge in [-0.3, -0.25) is 4.79 Å². The fourth-order valence-electron chi connectivity index (χ4n) is 7.22. The van der Waals surface area contributed by atoms with Gasteiger partial charge in [0.2, 0.25) is 5.91 Å². The lowest BCUT2D eigenvalue weighted by molar-refractivity contribution is -0.142. The van der Waals surface area contributed by atoms with Crippen molar-refractivity contribution in [3.8, 4) is 12.1 Å². The highest BCUT2D eigenvalue weighted by Gasteiger charge is 2.77. The van der Waals surface area contributed by atoms with E-state index in [0.29, 0.717) is 35.6 Å². The summed E-state index contributed by atoms with van der Waals surface area (Å²) in [5, 5.41) is 22.4. The van der Waals surface area contributed by atoms with Crippen molar-refractivity contribution in [1.82, 2.24) is 0 Å². The molecule has 1 spiro atoms. The topological polar surface area (TPSA) is 127 Å². The first-order chi connectivity index (χ1) is 21.9. The van der Waals surface area contributed by atoms with E-state index in [1.807, 2.05) is 54.3 Å². The molecule has 0 saturated heterocycles. The first-order valence-corrected chi connectivity index (χ1v) is 14.7. The van der Waals surface area contributed by atoms with Crippen LogP contribution in [0.25, 0.3) is 0 Å². The average Bonchev–Trinajstić information content (AvgIpc) is 3.53. The molecule has 10 nitrogen and oxygen atoms in total. The summed E-state index contributed by atoms with van der Waals surface area (Å²) in [5.41, 5.74) is -2.33. The molecule has 3 aliphatic heterocycles. The second-order valence-corrected chi connectivity index (χ2v) is 11.2. The zero-order chi connectivity index (χ0) is 31.9. The molecule has 1 amide bonds. The van der Waals surface area contributed by atoms with Crippen LogP contribution in [0.3, 0.4) is 0 Å². The molecule has 3 aromatic carbocycles. The standard InChI is InChI=1S/C35H31N5O5/c1-4-5-19-38-25-16-10-9-15-24(25)35(33(38)43)32-39(20-23-13-7-6-8-14-23)26-17-11-12-18-27(26)40(32)29(31(42)45-3)28(30(41)44-2)34(35,21-36)22-37/h6-18,32H,4-5,19-20H2,1-3H3/t32-,35-/m0/s1. The molecule has 3 aliphatic rings. The molecule has 3 heterocycles. The molecule has 0 radical (unpaired) electrons. The molecule has 0 aliphatic carbocycles. The van der Waals surface area contributed by atoms with E-state index in [4.69, 9.17) is 9.47 Å². The summed E-state index contributed by atoms with van der Waals surface area (Å²) in [4.78, 5) is 48.2. The van der Waals surface area contributed by atoms with E-state index in [1.165, 1.54) is 0 Å². The maximum absolute atomic E-state index is 15.4. The van der Waals surface area contributed by atoms with Crippen LogP contribution in [0.5, 0.6) is 0 Å². The summed E-state index contributed by atoms with van der Waals surface area (Å²) in [7, 11) is 2.27. The van der Waals surface area contributed by atoms with E-state index in [-0.39, 0.29) is 12.2 Å². The Labute approximate surface area is 261 Å². The molecule has 0 saturated carbocycles. The van der Waals surface area contributed by atoms with Crippen molar-refractivity contribution in [2.24, 2.45) is 5.41 Å². The van der Waals surface area contributed by atoms with Crippen LogP contribution in [0.2, 0.25) is 0 Å². The third kappa shape index (κ3) is 3.82. The number of hydrogen-bond donors (Lipinski definition) is 0. The van der Waals surface area contributed by atoms with Crippen molar-refractivity contribution in [1.29, 1.82) is 10.5 Å². The van der Waals surface area contributed by atoms with Crippen LogP contribution in [-0.2, 0) is 35.8 Å². The normalized spacial score (nSPS) is 20.7.